The molecule has 0 aromatic heterocycles. The summed E-state index contributed by atoms with van der Waals surface area (Å²) in [6.07, 6.45) is 1.95. The van der Waals surface area contributed by atoms with Gasteiger partial charge in [0.1, 0.15) is 6.04 Å². The molecule has 0 aliphatic heterocycles. The Morgan fingerprint density at radius 3 is 2.17 bits per heavy atom. The average Bonchev–Trinajstić information content (AvgIpc) is 2.44. The summed E-state index contributed by atoms with van der Waals surface area (Å²) in [6.45, 7) is 4.65. The van der Waals surface area contributed by atoms with Gasteiger partial charge in [0.05, 0.1) is 0 Å². The predicted molar refractivity (Wildman–Crippen MR) is 92.5 cm³/mol. The molecule has 0 saturated carbocycles. The molecule has 1 aromatic carbocycles. The Morgan fingerprint density at radius 2 is 1.71 bits per heavy atom. The molecule has 0 saturated heterocycles. The van der Waals surface area contributed by atoms with Gasteiger partial charge >= 0.3 is 35.5 Å². The first-order chi connectivity index (χ1) is 10.8. The summed E-state index contributed by atoms with van der Waals surface area (Å²) in [5.41, 5.74) is 2.39. The van der Waals surface area contributed by atoms with Crippen molar-refractivity contribution in [3.05, 3.63) is 35.4 Å². The summed E-state index contributed by atoms with van der Waals surface area (Å²) in [6, 6.07) is 7.41. The Kier molecular flexibility index (Phi) is 11.2. The van der Waals surface area contributed by atoms with Crippen LogP contribution in [0.1, 0.15) is 32.8 Å². The van der Waals surface area contributed by atoms with Gasteiger partial charge in [-0.15, -0.1) is 0 Å². The quantitative estimate of drug-likeness (QED) is 0.568. The van der Waals surface area contributed by atoms with Crippen molar-refractivity contribution in [1.29, 1.82) is 0 Å². The van der Waals surface area contributed by atoms with Crippen molar-refractivity contribution in [1.82, 2.24) is 10.2 Å². The van der Waals surface area contributed by atoms with Crippen LogP contribution >= 0.6 is 0 Å². The van der Waals surface area contributed by atoms with E-state index in [2.05, 4.69) is 31.3 Å². The molecule has 0 aliphatic rings. The van der Waals surface area contributed by atoms with Crippen molar-refractivity contribution in [3.8, 4) is 0 Å². The fourth-order valence-electron chi connectivity index (χ4n) is 2.39. The standard InChI is InChI=1S/C18H28N2O3.Na.H/c1-13(2)11-15-7-5-14(6-8-15)9-10-17(21)19-16(18(22)23)12-20(3)4;;/h5-8,13,16H,9-12H2,1-4H3,(H,19,21)(H,22,23);;/q;+1;-1/t16-;;/m0../s1. The Labute approximate surface area is 168 Å². The van der Waals surface area contributed by atoms with E-state index in [1.165, 1.54) is 5.56 Å². The topological polar surface area (TPSA) is 69.6 Å². The van der Waals surface area contributed by atoms with Crippen molar-refractivity contribution < 1.29 is 45.7 Å². The predicted octanol–water partition coefficient (Wildman–Crippen LogP) is -0.935. The molecule has 0 fully saturated rings. The van der Waals surface area contributed by atoms with Gasteiger partial charge < -0.3 is 16.7 Å². The second-order valence-corrected chi connectivity index (χ2v) is 6.64. The van der Waals surface area contributed by atoms with Crippen molar-refractivity contribution in [2.75, 3.05) is 20.6 Å². The van der Waals surface area contributed by atoms with Gasteiger partial charge in [0.25, 0.3) is 0 Å². The van der Waals surface area contributed by atoms with Gasteiger partial charge in [-0.2, -0.15) is 0 Å². The first kappa shape index (κ1) is 23.1. The molecule has 0 unspecified atom stereocenters. The molecule has 0 heterocycles. The number of amides is 1. The number of nitrogens with zero attached hydrogens (tertiary/aromatic N) is 1. The maximum Gasteiger partial charge on any atom is 1.00 e. The number of nitrogens with one attached hydrogen (secondary N) is 1. The zero-order chi connectivity index (χ0) is 17.4. The van der Waals surface area contributed by atoms with Crippen molar-refractivity contribution in [3.63, 3.8) is 0 Å². The molecule has 1 atom stereocenters. The van der Waals surface area contributed by atoms with Crippen molar-refractivity contribution in [2.24, 2.45) is 5.92 Å². The SMILES string of the molecule is CC(C)Cc1ccc(CCC(=O)N[C@@H](CN(C)C)C(=O)O)cc1.[H-].[Na+]. The molecule has 6 heteroatoms. The number of likely N-dealkylation sites (N-methyl/N-ethyl adjacent to an activating group) is 1. The van der Waals surface area contributed by atoms with Gasteiger partial charge in [0.2, 0.25) is 5.91 Å². The van der Waals surface area contributed by atoms with Crippen molar-refractivity contribution in [2.45, 2.75) is 39.2 Å². The Balaban J connectivity index is 0. The van der Waals surface area contributed by atoms with Gasteiger partial charge in [-0.1, -0.05) is 38.1 Å². The van der Waals surface area contributed by atoms with E-state index in [9.17, 15) is 9.59 Å². The van der Waals surface area contributed by atoms with E-state index in [4.69, 9.17) is 5.11 Å². The fourth-order valence-corrected chi connectivity index (χ4v) is 2.39. The van der Waals surface area contributed by atoms with Crippen LogP contribution < -0.4 is 34.9 Å². The van der Waals surface area contributed by atoms with Gasteiger partial charge in [0, 0.05) is 13.0 Å². The van der Waals surface area contributed by atoms with Crippen LogP contribution in [0.3, 0.4) is 0 Å². The maximum atomic E-state index is 11.9. The number of carboxylic acids is 1. The third-order valence-electron chi connectivity index (χ3n) is 3.49. The Bertz CT molecular complexity index is 522. The number of carbonyl (C=O) groups is 2. The molecule has 0 aliphatic carbocycles. The molecule has 2 N–H and O–H groups in total. The fraction of sp³-hybridized carbons (Fsp3) is 0.556. The minimum Gasteiger partial charge on any atom is -1.00 e. The smallest absolute Gasteiger partial charge is 1.00 e. The third-order valence-corrected chi connectivity index (χ3v) is 3.49. The largest absolute Gasteiger partial charge is 1.00 e. The second-order valence-electron chi connectivity index (χ2n) is 6.64. The molecule has 24 heavy (non-hydrogen) atoms. The van der Waals surface area contributed by atoms with E-state index in [0.717, 1.165) is 12.0 Å². The number of hydrogen-bond donors (Lipinski definition) is 2. The van der Waals surface area contributed by atoms with E-state index in [-0.39, 0.29) is 43.4 Å². The van der Waals surface area contributed by atoms with Crippen LogP contribution in [0.4, 0.5) is 0 Å². The van der Waals surface area contributed by atoms with E-state index in [0.29, 0.717) is 18.8 Å². The first-order valence-electron chi connectivity index (χ1n) is 8.02. The van der Waals surface area contributed by atoms with Gasteiger partial charge in [0.15, 0.2) is 0 Å². The normalized spacial score (nSPS) is 11.9. The summed E-state index contributed by atoms with van der Waals surface area (Å²) in [4.78, 5) is 24.8. The zero-order valence-corrected chi connectivity index (χ0v) is 17.5. The third kappa shape index (κ3) is 9.42. The molecular formula is C18H29N2NaO3. The zero-order valence-electron chi connectivity index (χ0n) is 16.5. The van der Waals surface area contributed by atoms with Crippen molar-refractivity contribution >= 4 is 11.9 Å². The van der Waals surface area contributed by atoms with E-state index in [1.807, 2.05) is 12.1 Å². The molecule has 5 nitrogen and oxygen atoms in total. The van der Waals surface area contributed by atoms with E-state index < -0.39 is 12.0 Å². The van der Waals surface area contributed by atoms with Gasteiger partial charge in [-0.05, 0) is 44.0 Å². The molecule has 130 valence electrons. The molecule has 0 spiro atoms. The minimum absolute atomic E-state index is 0. The Morgan fingerprint density at radius 1 is 1.17 bits per heavy atom. The summed E-state index contributed by atoms with van der Waals surface area (Å²) >= 11 is 0. The maximum absolute atomic E-state index is 11.9. The number of rotatable bonds is 9. The van der Waals surface area contributed by atoms with Crippen LogP contribution in [0.5, 0.6) is 0 Å². The molecule has 0 bridgehead atoms. The van der Waals surface area contributed by atoms with Crippen LogP contribution in [-0.2, 0) is 22.4 Å². The summed E-state index contributed by atoms with van der Waals surface area (Å²) in [5, 5.41) is 11.7. The van der Waals surface area contributed by atoms with Crippen LogP contribution in [0.25, 0.3) is 0 Å². The number of aliphatic carboxylic acids is 1. The molecular weight excluding hydrogens is 315 g/mol. The summed E-state index contributed by atoms with van der Waals surface area (Å²) < 4.78 is 0. The minimum atomic E-state index is -1.01. The first-order valence-corrected chi connectivity index (χ1v) is 8.02. The van der Waals surface area contributed by atoms with Crippen LogP contribution in [0.2, 0.25) is 0 Å². The number of carboxylic acid groups (broad SMARTS) is 1. The number of hydrogen-bond acceptors (Lipinski definition) is 3. The van der Waals surface area contributed by atoms with Crippen LogP contribution in [0, 0.1) is 5.92 Å². The number of carbonyl (C=O) groups excluding carboxylic acids is 1. The van der Waals surface area contributed by atoms with Crippen LogP contribution in [-0.4, -0.2) is 48.6 Å². The monoisotopic (exact) mass is 344 g/mol. The average molecular weight is 344 g/mol. The molecule has 1 aromatic rings. The van der Waals surface area contributed by atoms with E-state index >= 15 is 0 Å². The molecule has 0 radical (unpaired) electrons. The summed E-state index contributed by atoms with van der Waals surface area (Å²) in [7, 11) is 3.56. The van der Waals surface area contributed by atoms with Gasteiger partial charge in [-0.3, -0.25) is 4.79 Å². The van der Waals surface area contributed by atoms with Crippen LogP contribution in [0.15, 0.2) is 24.3 Å². The van der Waals surface area contributed by atoms with E-state index in [1.54, 1.807) is 19.0 Å². The second kappa shape index (κ2) is 11.6. The molecule has 1 amide bonds. The summed E-state index contributed by atoms with van der Waals surface area (Å²) in [5.74, 6) is -0.619. The number of benzene rings is 1. The molecule has 1 rings (SSSR count). The Hall–Kier alpha value is -0.880. The number of aryl methyl sites for hydroxylation is 1. The van der Waals surface area contributed by atoms with Gasteiger partial charge in [-0.25, -0.2) is 4.79 Å².